The summed E-state index contributed by atoms with van der Waals surface area (Å²) in [5, 5.41) is 3.78. The number of amides is 1. The molecule has 144 valence electrons. The maximum absolute atomic E-state index is 12.1. The molecule has 0 bridgehead atoms. The van der Waals surface area contributed by atoms with Crippen molar-refractivity contribution in [3.8, 4) is 0 Å². The van der Waals surface area contributed by atoms with Gasteiger partial charge in [0.2, 0.25) is 5.91 Å². The molecule has 1 heterocycles. The zero-order valence-corrected chi connectivity index (χ0v) is 16.9. The van der Waals surface area contributed by atoms with Crippen molar-refractivity contribution in [2.45, 2.75) is 52.1 Å². The average Bonchev–Trinajstić information content (AvgIpc) is 2.69. The van der Waals surface area contributed by atoms with Gasteiger partial charge in [0.1, 0.15) is 0 Å². The van der Waals surface area contributed by atoms with Gasteiger partial charge in [-0.1, -0.05) is 54.4 Å². The maximum atomic E-state index is 12.1. The largest absolute Gasteiger partial charge is 0.352 e. The van der Waals surface area contributed by atoms with E-state index in [1.54, 1.807) is 0 Å². The maximum Gasteiger partial charge on any atom is 0.220 e. The lowest BCUT2D eigenvalue weighted by Crippen LogP contribution is -2.29. The van der Waals surface area contributed by atoms with Crippen molar-refractivity contribution in [3.63, 3.8) is 0 Å². The van der Waals surface area contributed by atoms with E-state index in [2.05, 4.69) is 34.5 Å². The molecule has 3 rings (SSSR count). The van der Waals surface area contributed by atoms with Gasteiger partial charge in [0.15, 0.2) is 0 Å². The minimum absolute atomic E-state index is 0.0732. The van der Waals surface area contributed by atoms with Crippen LogP contribution in [0.2, 0.25) is 5.02 Å². The number of piperidine rings is 1. The fourth-order valence-electron chi connectivity index (χ4n) is 3.48. The van der Waals surface area contributed by atoms with Crippen LogP contribution < -0.4 is 5.32 Å². The summed E-state index contributed by atoms with van der Waals surface area (Å²) in [6.07, 6.45) is 5.19. The van der Waals surface area contributed by atoms with Crippen molar-refractivity contribution in [3.05, 3.63) is 69.7 Å². The minimum Gasteiger partial charge on any atom is -0.352 e. The molecule has 0 aliphatic carbocycles. The number of hydrogen-bond donors (Lipinski definition) is 1. The molecule has 3 nitrogen and oxygen atoms in total. The number of carbonyl (C=O) groups excluding carboxylic acids is 1. The Balaban J connectivity index is 1.41. The van der Waals surface area contributed by atoms with Crippen molar-refractivity contribution in [1.82, 2.24) is 10.2 Å². The Morgan fingerprint density at radius 1 is 1.00 bits per heavy atom. The van der Waals surface area contributed by atoms with Gasteiger partial charge in [-0.15, -0.1) is 0 Å². The minimum atomic E-state index is 0.0732. The smallest absolute Gasteiger partial charge is 0.220 e. The summed E-state index contributed by atoms with van der Waals surface area (Å²) in [6.45, 7) is 6.02. The molecule has 2 aromatic carbocycles. The standard InChI is InChI=1S/C23H29ClN2O/c1-18-5-6-19(15-22(18)24)11-12-23(27)25-16-20-7-9-21(10-8-20)17-26-13-3-2-4-14-26/h5-10,15H,2-4,11-14,16-17H2,1H3,(H,25,27). The summed E-state index contributed by atoms with van der Waals surface area (Å²) in [4.78, 5) is 14.6. The zero-order chi connectivity index (χ0) is 19.1. The third-order valence-electron chi connectivity index (χ3n) is 5.24. The van der Waals surface area contributed by atoms with Gasteiger partial charge < -0.3 is 5.32 Å². The number of nitrogens with one attached hydrogen (secondary N) is 1. The topological polar surface area (TPSA) is 32.3 Å². The van der Waals surface area contributed by atoms with Crippen LogP contribution in [0.4, 0.5) is 0 Å². The fraction of sp³-hybridized carbons (Fsp3) is 0.435. The van der Waals surface area contributed by atoms with Crippen LogP contribution in [0.25, 0.3) is 0 Å². The fourth-order valence-corrected chi connectivity index (χ4v) is 3.68. The molecular weight excluding hydrogens is 356 g/mol. The number of likely N-dealkylation sites (tertiary alicyclic amines) is 1. The zero-order valence-electron chi connectivity index (χ0n) is 16.1. The molecule has 1 saturated heterocycles. The lowest BCUT2D eigenvalue weighted by Gasteiger charge is -2.26. The Labute approximate surface area is 167 Å². The Morgan fingerprint density at radius 3 is 2.37 bits per heavy atom. The van der Waals surface area contributed by atoms with Gasteiger partial charge in [0.25, 0.3) is 0 Å². The normalized spacial score (nSPS) is 14.9. The molecular formula is C23H29ClN2O. The number of halogens is 1. The highest BCUT2D eigenvalue weighted by molar-refractivity contribution is 6.31. The monoisotopic (exact) mass is 384 g/mol. The van der Waals surface area contributed by atoms with Crippen LogP contribution in [0.1, 0.15) is 47.9 Å². The summed E-state index contributed by atoms with van der Waals surface area (Å²) in [5.41, 5.74) is 4.66. The number of benzene rings is 2. The van der Waals surface area contributed by atoms with Crippen molar-refractivity contribution in [1.29, 1.82) is 0 Å². The molecule has 1 aliphatic heterocycles. The van der Waals surface area contributed by atoms with E-state index in [4.69, 9.17) is 11.6 Å². The molecule has 1 amide bonds. The molecule has 1 fully saturated rings. The van der Waals surface area contributed by atoms with E-state index in [9.17, 15) is 4.79 Å². The first-order valence-corrected chi connectivity index (χ1v) is 10.3. The molecule has 2 aromatic rings. The molecule has 4 heteroatoms. The Bertz CT molecular complexity index is 751. The van der Waals surface area contributed by atoms with E-state index in [1.807, 2.05) is 25.1 Å². The van der Waals surface area contributed by atoms with Crippen LogP contribution in [0.5, 0.6) is 0 Å². The third kappa shape index (κ3) is 6.37. The molecule has 1 aliphatic rings. The highest BCUT2D eigenvalue weighted by Crippen LogP contribution is 2.18. The van der Waals surface area contributed by atoms with Gasteiger partial charge in [-0.3, -0.25) is 9.69 Å². The first kappa shape index (κ1) is 19.9. The summed E-state index contributed by atoms with van der Waals surface area (Å²) in [7, 11) is 0. The van der Waals surface area contributed by atoms with E-state index < -0.39 is 0 Å². The summed E-state index contributed by atoms with van der Waals surface area (Å²) in [5.74, 6) is 0.0732. The number of hydrogen-bond acceptors (Lipinski definition) is 2. The van der Waals surface area contributed by atoms with Crippen LogP contribution in [0.15, 0.2) is 42.5 Å². The van der Waals surface area contributed by atoms with Crippen LogP contribution in [0, 0.1) is 6.92 Å². The lowest BCUT2D eigenvalue weighted by atomic mass is 10.1. The molecule has 0 unspecified atom stereocenters. The van der Waals surface area contributed by atoms with Crippen LogP contribution in [-0.4, -0.2) is 23.9 Å². The number of carbonyl (C=O) groups is 1. The predicted molar refractivity (Wildman–Crippen MR) is 112 cm³/mol. The van der Waals surface area contributed by atoms with Crippen molar-refractivity contribution >= 4 is 17.5 Å². The quantitative estimate of drug-likeness (QED) is 0.737. The molecule has 0 saturated carbocycles. The lowest BCUT2D eigenvalue weighted by molar-refractivity contribution is -0.121. The molecule has 0 aromatic heterocycles. The second-order valence-corrected chi connectivity index (χ2v) is 7.92. The van der Waals surface area contributed by atoms with Crippen LogP contribution in [0.3, 0.4) is 0 Å². The Kier molecular flexibility index (Phi) is 7.31. The first-order valence-electron chi connectivity index (χ1n) is 9.92. The van der Waals surface area contributed by atoms with Gasteiger partial charge in [-0.25, -0.2) is 0 Å². The summed E-state index contributed by atoms with van der Waals surface area (Å²) < 4.78 is 0. The van der Waals surface area contributed by atoms with Gasteiger partial charge in [0, 0.05) is 24.5 Å². The van der Waals surface area contributed by atoms with Crippen molar-refractivity contribution in [2.75, 3.05) is 13.1 Å². The van der Waals surface area contributed by atoms with Crippen molar-refractivity contribution in [2.24, 2.45) is 0 Å². The highest BCUT2D eigenvalue weighted by Gasteiger charge is 2.10. The molecule has 0 atom stereocenters. The van der Waals surface area contributed by atoms with Crippen LogP contribution >= 0.6 is 11.6 Å². The third-order valence-corrected chi connectivity index (χ3v) is 5.65. The Hall–Kier alpha value is -1.84. The van der Waals surface area contributed by atoms with Crippen LogP contribution in [-0.2, 0) is 24.3 Å². The molecule has 0 spiro atoms. The summed E-state index contributed by atoms with van der Waals surface area (Å²) in [6, 6.07) is 14.6. The van der Waals surface area contributed by atoms with Gasteiger partial charge in [-0.05, 0) is 67.6 Å². The second kappa shape index (κ2) is 9.91. The van der Waals surface area contributed by atoms with E-state index in [0.29, 0.717) is 19.4 Å². The van der Waals surface area contributed by atoms with Gasteiger partial charge in [0.05, 0.1) is 0 Å². The molecule has 1 N–H and O–H groups in total. The predicted octanol–water partition coefficient (Wildman–Crippen LogP) is 4.88. The molecule has 27 heavy (non-hydrogen) atoms. The van der Waals surface area contributed by atoms with Gasteiger partial charge in [-0.2, -0.15) is 0 Å². The van der Waals surface area contributed by atoms with Crippen molar-refractivity contribution < 1.29 is 4.79 Å². The average molecular weight is 385 g/mol. The highest BCUT2D eigenvalue weighted by atomic mass is 35.5. The van der Waals surface area contributed by atoms with Gasteiger partial charge >= 0.3 is 0 Å². The number of rotatable bonds is 7. The number of nitrogens with zero attached hydrogens (tertiary/aromatic N) is 1. The molecule has 0 radical (unpaired) electrons. The number of aryl methyl sites for hydroxylation is 2. The summed E-state index contributed by atoms with van der Waals surface area (Å²) >= 11 is 6.14. The van der Waals surface area contributed by atoms with E-state index >= 15 is 0 Å². The Morgan fingerprint density at radius 2 is 1.67 bits per heavy atom. The van der Waals surface area contributed by atoms with E-state index in [0.717, 1.165) is 28.3 Å². The van der Waals surface area contributed by atoms with E-state index in [1.165, 1.54) is 37.9 Å². The second-order valence-electron chi connectivity index (χ2n) is 7.51. The van der Waals surface area contributed by atoms with E-state index in [-0.39, 0.29) is 5.91 Å². The first-order chi connectivity index (χ1) is 13.1. The SMILES string of the molecule is Cc1ccc(CCC(=O)NCc2ccc(CN3CCCCC3)cc2)cc1Cl.